The van der Waals surface area contributed by atoms with Crippen LogP contribution >= 0.6 is 22.9 Å². The third-order valence-corrected chi connectivity index (χ3v) is 3.63. The van der Waals surface area contributed by atoms with Crippen LogP contribution in [-0.2, 0) is 0 Å². The van der Waals surface area contributed by atoms with E-state index in [1.54, 1.807) is 12.1 Å². The van der Waals surface area contributed by atoms with E-state index in [1.165, 1.54) is 11.3 Å². The van der Waals surface area contributed by atoms with Gasteiger partial charge >= 0.3 is 11.1 Å². The normalized spacial score (nSPS) is 11.3. The molecule has 0 saturated carbocycles. The van der Waals surface area contributed by atoms with Crippen molar-refractivity contribution in [1.82, 2.24) is 9.97 Å². The molecule has 0 spiro atoms. The molecule has 0 bridgehead atoms. The molecule has 2 heterocycles. The van der Waals surface area contributed by atoms with Gasteiger partial charge in [-0.2, -0.15) is 0 Å². The van der Waals surface area contributed by atoms with Gasteiger partial charge in [0.15, 0.2) is 0 Å². The van der Waals surface area contributed by atoms with Gasteiger partial charge < -0.3 is 9.97 Å². The quantitative estimate of drug-likeness (QED) is 0.602. The molecule has 6 heteroatoms. The molecule has 16 heavy (non-hydrogen) atoms. The third kappa shape index (κ3) is 1.29. The molecule has 3 rings (SSSR count). The first-order chi connectivity index (χ1) is 7.65. The summed E-state index contributed by atoms with van der Waals surface area (Å²) in [6.07, 6.45) is 0. The molecule has 0 atom stereocenters. The van der Waals surface area contributed by atoms with Crippen molar-refractivity contribution in [3.05, 3.63) is 43.9 Å². The second-order valence-corrected chi connectivity index (χ2v) is 4.84. The van der Waals surface area contributed by atoms with Crippen LogP contribution in [0.3, 0.4) is 0 Å². The number of nitrogens with one attached hydrogen (secondary N) is 2. The van der Waals surface area contributed by atoms with Gasteiger partial charge in [-0.15, -0.1) is 11.3 Å². The third-order valence-electron chi connectivity index (χ3n) is 2.32. The van der Waals surface area contributed by atoms with Crippen molar-refractivity contribution in [3.63, 3.8) is 0 Å². The molecule has 2 aromatic heterocycles. The van der Waals surface area contributed by atoms with Crippen molar-refractivity contribution < 1.29 is 0 Å². The van der Waals surface area contributed by atoms with E-state index >= 15 is 0 Å². The van der Waals surface area contributed by atoms with Crippen LogP contribution in [-0.4, -0.2) is 9.97 Å². The molecule has 0 amide bonds. The first-order valence-corrected chi connectivity index (χ1v) is 5.69. The van der Waals surface area contributed by atoms with Crippen LogP contribution in [0.5, 0.6) is 0 Å². The zero-order valence-electron chi connectivity index (χ0n) is 7.83. The molecule has 80 valence electrons. The summed E-state index contributed by atoms with van der Waals surface area (Å²) in [4.78, 5) is 28.1. The summed E-state index contributed by atoms with van der Waals surface area (Å²) < 4.78 is 0.931. The number of hydrogen-bond acceptors (Lipinski definition) is 3. The van der Waals surface area contributed by atoms with Gasteiger partial charge in [0.25, 0.3) is 0 Å². The fourth-order valence-electron chi connectivity index (χ4n) is 1.61. The highest BCUT2D eigenvalue weighted by Gasteiger charge is 2.07. The van der Waals surface area contributed by atoms with E-state index in [0.29, 0.717) is 15.4 Å². The van der Waals surface area contributed by atoms with Gasteiger partial charge in [0.2, 0.25) is 0 Å². The predicted octanol–water partition coefficient (Wildman–Crippen LogP) is 2.08. The van der Waals surface area contributed by atoms with Gasteiger partial charge in [-0.25, -0.2) is 0 Å². The van der Waals surface area contributed by atoms with Crippen molar-refractivity contribution in [1.29, 1.82) is 0 Å². The van der Waals surface area contributed by atoms with E-state index in [1.807, 2.05) is 6.07 Å². The fourth-order valence-corrected chi connectivity index (χ4v) is 2.94. The summed E-state index contributed by atoms with van der Waals surface area (Å²) in [6.45, 7) is 0. The van der Waals surface area contributed by atoms with Crippen LogP contribution in [0.1, 0.15) is 0 Å². The molecule has 4 nitrogen and oxygen atoms in total. The van der Waals surface area contributed by atoms with Crippen LogP contribution in [0.4, 0.5) is 0 Å². The number of rotatable bonds is 0. The molecular formula is C10H5ClN2O2S. The van der Waals surface area contributed by atoms with Gasteiger partial charge in [0, 0.05) is 15.1 Å². The molecular weight excluding hydrogens is 248 g/mol. The summed E-state index contributed by atoms with van der Waals surface area (Å²) in [6, 6.07) is 5.38. The fraction of sp³-hybridized carbons (Fsp3) is 0. The first-order valence-electron chi connectivity index (χ1n) is 4.49. The number of benzene rings is 1. The molecule has 0 radical (unpaired) electrons. The summed E-state index contributed by atoms with van der Waals surface area (Å²) in [7, 11) is 0. The van der Waals surface area contributed by atoms with Gasteiger partial charge in [-0.3, -0.25) is 9.59 Å². The van der Waals surface area contributed by atoms with Crippen LogP contribution in [0.15, 0.2) is 27.8 Å². The Morgan fingerprint density at radius 2 is 1.88 bits per heavy atom. The highest BCUT2D eigenvalue weighted by Crippen LogP contribution is 2.31. The summed E-state index contributed by atoms with van der Waals surface area (Å²) in [5.41, 5.74) is -0.617. The number of halogens is 1. The number of hydrogen-bond donors (Lipinski definition) is 2. The van der Waals surface area contributed by atoms with Gasteiger partial charge in [0.1, 0.15) is 4.83 Å². The average molecular weight is 253 g/mol. The van der Waals surface area contributed by atoms with Gasteiger partial charge in [-0.1, -0.05) is 11.6 Å². The standard InChI is InChI=1S/C10H5ClN2O2S/c11-4-1-2-5-6(3-4)16-10-7(5)12-8(14)9(15)13-10/h1-3H,(H,12,14)(H,13,15). The molecule has 0 unspecified atom stereocenters. The lowest BCUT2D eigenvalue weighted by Gasteiger charge is -1.91. The second-order valence-electron chi connectivity index (χ2n) is 3.35. The minimum atomic E-state index is -0.637. The Labute approximate surface area is 97.5 Å². The van der Waals surface area contributed by atoms with E-state index in [9.17, 15) is 9.59 Å². The Balaban J connectivity index is 2.61. The molecule has 2 N–H and O–H groups in total. The van der Waals surface area contributed by atoms with Crippen molar-refractivity contribution in [2.75, 3.05) is 0 Å². The summed E-state index contributed by atoms with van der Waals surface area (Å²) in [5, 5.41) is 1.52. The zero-order valence-corrected chi connectivity index (χ0v) is 9.41. The predicted molar refractivity (Wildman–Crippen MR) is 65.6 cm³/mol. The molecule has 0 aliphatic heterocycles. The topological polar surface area (TPSA) is 65.7 Å². The van der Waals surface area contributed by atoms with E-state index < -0.39 is 11.1 Å². The smallest absolute Gasteiger partial charge is 0.314 e. The van der Waals surface area contributed by atoms with E-state index in [4.69, 9.17) is 11.6 Å². The van der Waals surface area contributed by atoms with E-state index in [-0.39, 0.29) is 0 Å². The molecule has 0 aliphatic carbocycles. The Morgan fingerprint density at radius 1 is 1.12 bits per heavy atom. The second kappa shape index (κ2) is 3.20. The number of aromatic nitrogens is 2. The largest absolute Gasteiger partial charge is 0.315 e. The minimum absolute atomic E-state index is 0.628. The molecule has 0 aliphatic rings. The Bertz CT molecular complexity index is 815. The van der Waals surface area contributed by atoms with Crippen LogP contribution in [0.2, 0.25) is 5.02 Å². The average Bonchev–Trinajstić information content (AvgIpc) is 2.55. The SMILES string of the molecule is O=c1[nH]c2sc3cc(Cl)ccc3c2[nH]c1=O. The van der Waals surface area contributed by atoms with Crippen molar-refractivity contribution >= 4 is 43.4 Å². The summed E-state index contributed by atoms with van der Waals surface area (Å²) >= 11 is 7.26. The number of thiophene rings is 1. The van der Waals surface area contributed by atoms with Crippen LogP contribution < -0.4 is 11.1 Å². The maximum atomic E-state index is 11.2. The Hall–Kier alpha value is -1.59. The first kappa shape index (κ1) is 9.62. The van der Waals surface area contributed by atoms with Crippen LogP contribution in [0, 0.1) is 0 Å². The van der Waals surface area contributed by atoms with Crippen molar-refractivity contribution in [2.45, 2.75) is 0 Å². The van der Waals surface area contributed by atoms with E-state index in [0.717, 1.165) is 10.1 Å². The van der Waals surface area contributed by atoms with Crippen molar-refractivity contribution in [2.24, 2.45) is 0 Å². The highest BCUT2D eigenvalue weighted by atomic mass is 35.5. The maximum absolute atomic E-state index is 11.2. The zero-order chi connectivity index (χ0) is 11.3. The summed E-state index contributed by atoms with van der Waals surface area (Å²) in [5.74, 6) is 0. The molecule has 0 fully saturated rings. The van der Waals surface area contributed by atoms with Gasteiger partial charge in [-0.05, 0) is 18.2 Å². The molecule has 3 aromatic rings. The number of aromatic amines is 2. The van der Waals surface area contributed by atoms with Crippen molar-refractivity contribution in [3.8, 4) is 0 Å². The van der Waals surface area contributed by atoms with E-state index in [2.05, 4.69) is 9.97 Å². The molecule has 0 saturated heterocycles. The lowest BCUT2D eigenvalue weighted by Crippen LogP contribution is -2.28. The maximum Gasteiger partial charge on any atom is 0.314 e. The lowest BCUT2D eigenvalue weighted by molar-refractivity contribution is 1.16. The number of fused-ring (bicyclic) bond motifs is 3. The lowest BCUT2D eigenvalue weighted by atomic mass is 10.2. The highest BCUT2D eigenvalue weighted by molar-refractivity contribution is 7.25. The van der Waals surface area contributed by atoms with Crippen LogP contribution in [0.25, 0.3) is 20.4 Å². The Morgan fingerprint density at radius 3 is 2.69 bits per heavy atom. The number of H-pyrrole nitrogens is 2. The molecule has 1 aromatic carbocycles. The monoisotopic (exact) mass is 252 g/mol. The Kier molecular flexibility index (Phi) is 1.92. The minimum Gasteiger partial charge on any atom is -0.315 e. The van der Waals surface area contributed by atoms with Gasteiger partial charge in [0.05, 0.1) is 5.52 Å².